The monoisotopic (exact) mass is 696 g/mol. The number of rotatable bonds is 6. The number of halogens is 3. The lowest BCUT2D eigenvalue weighted by Crippen LogP contribution is -2.51. The Labute approximate surface area is 186 Å². The summed E-state index contributed by atoms with van der Waals surface area (Å²) < 4.78 is 10.2. The van der Waals surface area contributed by atoms with E-state index in [-0.39, 0.29) is 5.86 Å². The maximum atomic E-state index is 12.3. The van der Waals surface area contributed by atoms with Crippen LogP contribution in [0, 0.1) is 0 Å². The quantitative estimate of drug-likeness (QED) is 0.191. The van der Waals surface area contributed by atoms with Crippen molar-refractivity contribution in [3.63, 3.8) is 0 Å². The largest absolute Gasteiger partial charge is 0.442 e. The molecule has 1 heterocycles. The lowest BCUT2D eigenvalue weighted by atomic mass is 10.2. The maximum Gasteiger partial charge on any atom is 0.408 e. The summed E-state index contributed by atoms with van der Waals surface area (Å²) in [5.41, 5.74) is -0.684. The van der Waals surface area contributed by atoms with Crippen molar-refractivity contribution in [2.24, 2.45) is 0 Å². The smallest absolute Gasteiger partial charge is 0.408 e. The van der Waals surface area contributed by atoms with Crippen LogP contribution in [0.1, 0.15) is 20.3 Å². The van der Waals surface area contributed by atoms with E-state index in [4.69, 9.17) is 9.47 Å². The van der Waals surface area contributed by atoms with Crippen molar-refractivity contribution in [1.29, 1.82) is 0 Å². The summed E-state index contributed by atoms with van der Waals surface area (Å²) in [6, 6.07) is 0. The molecule has 1 amide bonds. The van der Waals surface area contributed by atoms with Gasteiger partial charge in [-0.05, 0) is 33.1 Å². The van der Waals surface area contributed by atoms with Crippen molar-refractivity contribution in [3.05, 3.63) is 0 Å². The molecule has 2 atom stereocenters. The number of nitrogens with one attached hydrogen (secondary N) is 2. The standard InChI is InChI=1S/C13H19I3N2O5S/c1-12(2,9(15)16)23-11(21)17-6-8(19)22-10(20)13(24-3)7(14)4-5-18-13/h7,9,18H,4-6H2,1-3H3,(H,17,21)/t7?,13-/m1/s1. The minimum absolute atomic E-state index is 0.0216. The Kier molecular flexibility index (Phi) is 9.31. The van der Waals surface area contributed by atoms with E-state index in [1.807, 2.05) is 0 Å². The Bertz CT molecular complexity index is 506. The van der Waals surface area contributed by atoms with Gasteiger partial charge in [-0.2, -0.15) is 0 Å². The zero-order chi connectivity index (χ0) is 18.5. The molecule has 1 aliphatic rings. The molecular weight excluding hydrogens is 677 g/mol. The highest BCUT2D eigenvalue weighted by atomic mass is 127. The molecule has 0 saturated carbocycles. The highest BCUT2D eigenvalue weighted by molar-refractivity contribution is 14.2. The molecule has 11 heteroatoms. The number of ether oxygens (including phenoxy) is 2. The summed E-state index contributed by atoms with van der Waals surface area (Å²) in [4.78, 5) is 34.9. The lowest BCUT2D eigenvalue weighted by Gasteiger charge is -2.28. The molecular formula is C13H19I3N2O5S. The summed E-state index contributed by atoms with van der Waals surface area (Å²) in [6.45, 7) is 3.80. The van der Waals surface area contributed by atoms with Gasteiger partial charge in [0.1, 0.15) is 14.1 Å². The van der Waals surface area contributed by atoms with Crippen LogP contribution < -0.4 is 10.6 Å². The fourth-order valence-electron chi connectivity index (χ4n) is 1.86. The first-order valence-corrected chi connectivity index (χ1v) is 12.0. The van der Waals surface area contributed by atoms with Crippen molar-refractivity contribution in [1.82, 2.24) is 10.6 Å². The Balaban J connectivity index is 2.49. The molecule has 138 valence electrons. The topological polar surface area (TPSA) is 93.7 Å². The fraction of sp³-hybridized carbons (Fsp3) is 0.769. The molecule has 0 aromatic heterocycles. The molecule has 24 heavy (non-hydrogen) atoms. The number of thioether (sulfide) groups is 1. The zero-order valence-corrected chi connectivity index (χ0v) is 20.6. The lowest BCUT2D eigenvalue weighted by molar-refractivity contribution is -0.161. The molecule has 1 unspecified atom stereocenters. The van der Waals surface area contributed by atoms with Gasteiger partial charge in [-0.15, -0.1) is 11.8 Å². The SMILES string of the molecule is CS[C@]1(C(=O)OC(=O)CNC(=O)OC(C)(C)C(I)I)NCCC1I. The Hall–Kier alpha value is 0.910. The second-order valence-corrected chi connectivity index (χ2v) is 13.0. The van der Waals surface area contributed by atoms with E-state index < -0.39 is 35.0 Å². The van der Waals surface area contributed by atoms with Crippen LogP contribution in [0.25, 0.3) is 0 Å². The third-order valence-electron chi connectivity index (χ3n) is 3.32. The summed E-state index contributed by atoms with van der Waals surface area (Å²) in [7, 11) is 0. The van der Waals surface area contributed by atoms with Crippen LogP contribution in [0.4, 0.5) is 4.79 Å². The third-order valence-corrected chi connectivity index (χ3v) is 9.54. The molecule has 1 fully saturated rings. The molecule has 0 aromatic carbocycles. The molecule has 1 aliphatic heterocycles. The number of carbonyl (C=O) groups excluding carboxylic acids is 3. The maximum absolute atomic E-state index is 12.3. The highest BCUT2D eigenvalue weighted by Crippen LogP contribution is 2.36. The minimum Gasteiger partial charge on any atom is -0.442 e. The first kappa shape index (κ1) is 23.0. The molecule has 0 aliphatic carbocycles. The predicted molar refractivity (Wildman–Crippen MR) is 118 cm³/mol. The zero-order valence-electron chi connectivity index (χ0n) is 13.4. The van der Waals surface area contributed by atoms with Crippen LogP contribution in [-0.4, -0.2) is 53.7 Å². The molecule has 0 aromatic rings. The fourth-order valence-corrected chi connectivity index (χ4v) is 4.49. The minimum atomic E-state index is -0.922. The van der Waals surface area contributed by atoms with Gasteiger partial charge >= 0.3 is 18.0 Å². The van der Waals surface area contributed by atoms with E-state index in [1.165, 1.54) is 11.8 Å². The third kappa shape index (κ3) is 5.97. The van der Waals surface area contributed by atoms with Crippen LogP contribution in [-0.2, 0) is 19.1 Å². The van der Waals surface area contributed by atoms with Gasteiger partial charge in [0.2, 0.25) is 0 Å². The average molecular weight is 696 g/mol. The van der Waals surface area contributed by atoms with Gasteiger partial charge in [0, 0.05) is 0 Å². The van der Waals surface area contributed by atoms with Gasteiger partial charge in [0.05, 0.1) is 3.92 Å². The predicted octanol–water partition coefficient (Wildman–Crippen LogP) is 2.61. The van der Waals surface area contributed by atoms with E-state index in [0.717, 1.165) is 6.42 Å². The van der Waals surface area contributed by atoms with Crippen LogP contribution in [0.5, 0.6) is 0 Å². The summed E-state index contributed by atoms with van der Waals surface area (Å²) in [5, 5.41) is 5.41. The average Bonchev–Trinajstić information content (AvgIpc) is 2.86. The van der Waals surface area contributed by atoms with Crippen LogP contribution in [0.3, 0.4) is 0 Å². The van der Waals surface area contributed by atoms with E-state index in [2.05, 4.69) is 78.4 Å². The second kappa shape index (κ2) is 9.73. The molecule has 1 rings (SSSR count). The Morgan fingerprint density at radius 3 is 2.50 bits per heavy atom. The number of amides is 1. The Morgan fingerprint density at radius 1 is 1.42 bits per heavy atom. The Morgan fingerprint density at radius 2 is 2.04 bits per heavy atom. The number of esters is 2. The van der Waals surface area contributed by atoms with Gasteiger partial charge in [-0.3, -0.25) is 5.32 Å². The van der Waals surface area contributed by atoms with Crippen LogP contribution in [0.15, 0.2) is 0 Å². The van der Waals surface area contributed by atoms with E-state index >= 15 is 0 Å². The molecule has 1 saturated heterocycles. The molecule has 0 radical (unpaired) electrons. The van der Waals surface area contributed by atoms with Gasteiger partial charge in [-0.25, -0.2) is 14.4 Å². The van der Waals surface area contributed by atoms with E-state index in [0.29, 0.717) is 6.54 Å². The van der Waals surface area contributed by atoms with E-state index in [1.54, 1.807) is 20.1 Å². The normalized spacial score (nSPS) is 23.9. The first-order chi connectivity index (χ1) is 11.0. The molecule has 0 spiro atoms. The highest BCUT2D eigenvalue weighted by Gasteiger charge is 2.49. The summed E-state index contributed by atoms with van der Waals surface area (Å²) >= 11 is 7.77. The summed E-state index contributed by atoms with van der Waals surface area (Å²) in [6.07, 6.45) is 1.88. The number of hydrogen-bond acceptors (Lipinski definition) is 7. The number of carbonyl (C=O) groups is 3. The van der Waals surface area contributed by atoms with Gasteiger partial charge in [0.25, 0.3) is 0 Å². The van der Waals surface area contributed by atoms with Crippen LogP contribution in [0.2, 0.25) is 0 Å². The first-order valence-electron chi connectivity index (χ1n) is 6.99. The molecule has 0 bridgehead atoms. The van der Waals surface area contributed by atoms with Crippen molar-refractivity contribution >= 4 is 97.6 Å². The van der Waals surface area contributed by atoms with Crippen molar-refractivity contribution in [2.45, 2.75) is 36.6 Å². The molecule has 7 nitrogen and oxygen atoms in total. The number of hydrogen-bond donors (Lipinski definition) is 2. The molecule has 2 N–H and O–H groups in total. The van der Waals surface area contributed by atoms with Crippen LogP contribution >= 0.6 is 79.5 Å². The van der Waals surface area contributed by atoms with E-state index in [9.17, 15) is 14.4 Å². The van der Waals surface area contributed by atoms with Crippen molar-refractivity contribution in [3.8, 4) is 0 Å². The number of alkyl carbamates (subject to hydrolysis) is 1. The summed E-state index contributed by atoms with van der Waals surface area (Å²) in [5.74, 6) is -1.45. The van der Waals surface area contributed by atoms with Gasteiger partial charge < -0.3 is 14.8 Å². The van der Waals surface area contributed by atoms with Crippen molar-refractivity contribution < 1.29 is 23.9 Å². The van der Waals surface area contributed by atoms with Gasteiger partial charge in [0.15, 0.2) is 4.87 Å². The second-order valence-electron chi connectivity index (χ2n) is 5.53. The van der Waals surface area contributed by atoms with Gasteiger partial charge in [-0.1, -0.05) is 67.8 Å². The number of alkyl halides is 3. The van der Waals surface area contributed by atoms with Crippen molar-refractivity contribution in [2.75, 3.05) is 19.3 Å².